The van der Waals surface area contributed by atoms with Gasteiger partial charge in [-0.1, -0.05) is 19.4 Å². The molecule has 1 rings (SSSR count). The highest BCUT2D eigenvalue weighted by Gasteiger charge is 2.13. The summed E-state index contributed by atoms with van der Waals surface area (Å²) >= 11 is 0. The van der Waals surface area contributed by atoms with Gasteiger partial charge in [0.15, 0.2) is 0 Å². The predicted octanol–water partition coefficient (Wildman–Crippen LogP) is 2.56. The predicted molar refractivity (Wildman–Crippen MR) is 54.2 cm³/mol. The van der Waals surface area contributed by atoms with Crippen LogP contribution >= 0.6 is 0 Å². The van der Waals surface area contributed by atoms with Gasteiger partial charge in [-0.3, -0.25) is 4.79 Å². The van der Waals surface area contributed by atoms with Gasteiger partial charge in [0.2, 0.25) is 5.91 Å². The summed E-state index contributed by atoms with van der Waals surface area (Å²) in [5, 5.41) is 0. The first kappa shape index (κ1) is 10.3. The lowest BCUT2D eigenvalue weighted by molar-refractivity contribution is -0.125. The van der Waals surface area contributed by atoms with Crippen LogP contribution in [0.15, 0.2) is 11.8 Å². The highest BCUT2D eigenvalue weighted by atomic mass is 16.2. The molecule has 1 amide bonds. The first-order chi connectivity index (χ1) is 6.11. The Morgan fingerprint density at radius 1 is 1.62 bits per heavy atom. The highest BCUT2D eigenvalue weighted by Crippen LogP contribution is 2.23. The van der Waals surface area contributed by atoms with Crippen LogP contribution in [-0.2, 0) is 4.79 Å². The molecule has 0 saturated heterocycles. The number of allylic oxidation sites excluding steroid dienone is 2. The van der Waals surface area contributed by atoms with E-state index in [-0.39, 0.29) is 5.91 Å². The van der Waals surface area contributed by atoms with Gasteiger partial charge in [0.1, 0.15) is 0 Å². The van der Waals surface area contributed by atoms with Gasteiger partial charge in [0.25, 0.3) is 0 Å². The van der Waals surface area contributed by atoms with Crippen molar-refractivity contribution < 1.29 is 4.79 Å². The van der Waals surface area contributed by atoms with E-state index in [9.17, 15) is 4.79 Å². The topological polar surface area (TPSA) is 20.3 Å². The summed E-state index contributed by atoms with van der Waals surface area (Å²) in [5.74, 6) is 0.915. The summed E-state index contributed by atoms with van der Waals surface area (Å²) < 4.78 is 0. The molecule has 0 aromatic heterocycles. The molecule has 2 heteroatoms. The molecule has 0 aromatic carbocycles. The molecule has 0 radical (unpaired) electrons. The van der Waals surface area contributed by atoms with Gasteiger partial charge in [-0.05, 0) is 25.2 Å². The van der Waals surface area contributed by atoms with Crippen molar-refractivity contribution in [3.05, 3.63) is 11.8 Å². The summed E-state index contributed by atoms with van der Waals surface area (Å²) in [7, 11) is 1.87. The fourth-order valence-electron chi connectivity index (χ4n) is 1.70. The molecule has 0 saturated carbocycles. The average Bonchev–Trinajstić information content (AvgIpc) is 2.28. The van der Waals surface area contributed by atoms with Crippen molar-refractivity contribution in [1.82, 2.24) is 4.90 Å². The molecule has 0 spiro atoms. The Morgan fingerprint density at radius 2 is 2.31 bits per heavy atom. The number of carbonyl (C=O) groups is 1. The van der Waals surface area contributed by atoms with E-state index in [1.165, 1.54) is 18.5 Å². The summed E-state index contributed by atoms with van der Waals surface area (Å²) in [6.07, 6.45) is 6.89. The molecule has 0 bridgehead atoms. The maximum absolute atomic E-state index is 11.1. The van der Waals surface area contributed by atoms with E-state index in [0.29, 0.717) is 0 Å². The van der Waals surface area contributed by atoms with Crippen molar-refractivity contribution >= 4 is 5.91 Å². The maximum Gasteiger partial charge on any atom is 0.223 e. The largest absolute Gasteiger partial charge is 0.320 e. The fourth-order valence-corrected chi connectivity index (χ4v) is 1.70. The van der Waals surface area contributed by atoms with Crippen molar-refractivity contribution in [3.8, 4) is 0 Å². The van der Waals surface area contributed by atoms with Crippen molar-refractivity contribution in [3.63, 3.8) is 0 Å². The minimum absolute atomic E-state index is 0.140. The van der Waals surface area contributed by atoms with E-state index < -0.39 is 0 Å². The standard InChI is InChI=1S/C11H19NO/c1-9-5-4-6-11(8-7-9)12(3)10(2)13/h8-9H,4-7H2,1-3H3. The number of nitrogens with zero attached hydrogens (tertiary/aromatic N) is 1. The van der Waals surface area contributed by atoms with Crippen LogP contribution in [0, 0.1) is 5.92 Å². The lowest BCUT2D eigenvalue weighted by Gasteiger charge is -2.17. The van der Waals surface area contributed by atoms with Crippen LogP contribution in [0.5, 0.6) is 0 Å². The normalized spacial score (nSPS) is 23.3. The SMILES string of the molecule is CC(=O)N(C)C1=CCC(C)CCC1. The smallest absolute Gasteiger partial charge is 0.223 e. The quantitative estimate of drug-likeness (QED) is 0.609. The number of hydrogen-bond acceptors (Lipinski definition) is 1. The van der Waals surface area contributed by atoms with Gasteiger partial charge in [0, 0.05) is 19.7 Å². The van der Waals surface area contributed by atoms with Gasteiger partial charge in [0.05, 0.1) is 0 Å². The minimum Gasteiger partial charge on any atom is -0.320 e. The van der Waals surface area contributed by atoms with Crippen LogP contribution in [-0.4, -0.2) is 17.9 Å². The Hall–Kier alpha value is -0.790. The zero-order valence-electron chi connectivity index (χ0n) is 8.84. The second kappa shape index (κ2) is 4.45. The molecule has 0 fully saturated rings. The molecule has 13 heavy (non-hydrogen) atoms. The number of amides is 1. The molecule has 0 heterocycles. The third-order valence-electron chi connectivity index (χ3n) is 2.79. The first-order valence-corrected chi connectivity index (χ1v) is 5.04. The van der Waals surface area contributed by atoms with Crippen LogP contribution < -0.4 is 0 Å². The van der Waals surface area contributed by atoms with Crippen molar-refractivity contribution in [2.75, 3.05) is 7.05 Å². The van der Waals surface area contributed by atoms with Crippen LogP contribution in [0.1, 0.15) is 39.5 Å². The third-order valence-corrected chi connectivity index (χ3v) is 2.79. The summed E-state index contributed by atoms with van der Waals surface area (Å²) in [5.41, 5.74) is 1.21. The molecule has 2 nitrogen and oxygen atoms in total. The second-order valence-electron chi connectivity index (χ2n) is 4.01. The summed E-state index contributed by atoms with van der Waals surface area (Å²) in [4.78, 5) is 12.9. The van der Waals surface area contributed by atoms with Crippen molar-refractivity contribution in [1.29, 1.82) is 0 Å². The fraction of sp³-hybridized carbons (Fsp3) is 0.727. The zero-order valence-corrected chi connectivity index (χ0v) is 8.84. The number of carbonyl (C=O) groups excluding carboxylic acids is 1. The molecule has 0 aliphatic heterocycles. The van der Waals surface area contributed by atoms with Crippen LogP contribution in [0.2, 0.25) is 0 Å². The van der Waals surface area contributed by atoms with E-state index in [4.69, 9.17) is 0 Å². The van der Waals surface area contributed by atoms with Gasteiger partial charge in [-0.2, -0.15) is 0 Å². The average molecular weight is 181 g/mol. The van der Waals surface area contributed by atoms with Gasteiger partial charge in [-0.15, -0.1) is 0 Å². The molecule has 0 N–H and O–H groups in total. The molecule has 1 atom stereocenters. The molecular formula is C11H19NO. The van der Waals surface area contributed by atoms with Gasteiger partial charge < -0.3 is 4.90 Å². The van der Waals surface area contributed by atoms with E-state index in [0.717, 1.165) is 18.8 Å². The lowest BCUT2D eigenvalue weighted by atomic mass is 10.0. The Bertz CT molecular complexity index is 220. The Labute approximate surface area is 80.6 Å². The molecule has 0 aromatic rings. The second-order valence-corrected chi connectivity index (χ2v) is 4.01. The molecule has 1 aliphatic rings. The summed E-state index contributed by atoms with van der Waals surface area (Å²) in [6.45, 7) is 3.89. The highest BCUT2D eigenvalue weighted by molar-refractivity contribution is 5.74. The molecule has 74 valence electrons. The van der Waals surface area contributed by atoms with Crippen molar-refractivity contribution in [2.24, 2.45) is 5.92 Å². The van der Waals surface area contributed by atoms with E-state index in [2.05, 4.69) is 13.0 Å². The van der Waals surface area contributed by atoms with Crippen LogP contribution in [0.25, 0.3) is 0 Å². The maximum atomic E-state index is 11.1. The van der Waals surface area contributed by atoms with E-state index in [1.807, 2.05) is 7.05 Å². The number of hydrogen-bond donors (Lipinski definition) is 0. The minimum atomic E-state index is 0.140. The van der Waals surface area contributed by atoms with Crippen LogP contribution in [0.3, 0.4) is 0 Å². The van der Waals surface area contributed by atoms with Crippen LogP contribution in [0.4, 0.5) is 0 Å². The Kier molecular flexibility index (Phi) is 3.52. The summed E-state index contributed by atoms with van der Waals surface area (Å²) in [6, 6.07) is 0. The number of rotatable bonds is 1. The Morgan fingerprint density at radius 3 is 2.92 bits per heavy atom. The molecule has 1 unspecified atom stereocenters. The monoisotopic (exact) mass is 181 g/mol. The zero-order chi connectivity index (χ0) is 9.84. The van der Waals surface area contributed by atoms with Gasteiger partial charge >= 0.3 is 0 Å². The van der Waals surface area contributed by atoms with E-state index >= 15 is 0 Å². The Balaban J connectivity index is 2.62. The van der Waals surface area contributed by atoms with Crippen molar-refractivity contribution in [2.45, 2.75) is 39.5 Å². The van der Waals surface area contributed by atoms with E-state index in [1.54, 1.807) is 11.8 Å². The lowest BCUT2D eigenvalue weighted by Crippen LogP contribution is -2.22. The molecular weight excluding hydrogens is 162 g/mol. The molecule has 1 aliphatic carbocycles. The first-order valence-electron chi connectivity index (χ1n) is 5.04. The van der Waals surface area contributed by atoms with Gasteiger partial charge in [-0.25, -0.2) is 0 Å². The third kappa shape index (κ3) is 2.87.